The number of rotatable bonds is 19. The summed E-state index contributed by atoms with van der Waals surface area (Å²) in [4.78, 5) is 0. The Hall–Kier alpha value is -0.820. The Morgan fingerprint density at radius 1 is 0.690 bits per heavy atom. The van der Waals surface area contributed by atoms with Gasteiger partial charge in [-0.05, 0) is 37.7 Å². The molecule has 0 aliphatic heterocycles. The lowest BCUT2D eigenvalue weighted by Gasteiger charge is -2.34. The van der Waals surface area contributed by atoms with Crippen molar-refractivity contribution in [1.29, 1.82) is 0 Å². The molecule has 0 heterocycles. The highest BCUT2D eigenvalue weighted by atomic mass is 14.7. The number of unbranched alkanes of at least 4 members (excludes halogenated alkanes) is 13. The van der Waals surface area contributed by atoms with Crippen molar-refractivity contribution in [1.82, 2.24) is 0 Å². The number of hydrogen-bond donors (Lipinski definition) is 1. The maximum absolute atomic E-state index is 6.66. The van der Waals surface area contributed by atoms with Crippen LogP contribution in [0.2, 0.25) is 0 Å². The van der Waals surface area contributed by atoms with E-state index in [0.717, 1.165) is 12.8 Å². The summed E-state index contributed by atoms with van der Waals surface area (Å²) in [6.07, 6.45) is 23.4. The normalized spacial score (nSPS) is 14.6. The first-order chi connectivity index (χ1) is 14.1. The lowest BCUT2D eigenvalue weighted by molar-refractivity contribution is 0.259. The van der Waals surface area contributed by atoms with E-state index in [4.69, 9.17) is 5.73 Å². The molecule has 0 fully saturated rings. The van der Waals surface area contributed by atoms with E-state index in [1.807, 2.05) is 0 Å². The molecule has 0 aliphatic carbocycles. The molecule has 0 aliphatic rings. The minimum Gasteiger partial charge on any atom is -0.325 e. The Labute approximate surface area is 183 Å². The zero-order valence-electron chi connectivity index (χ0n) is 20.1. The van der Waals surface area contributed by atoms with Crippen LogP contribution in [0.15, 0.2) is 30.3 Å². The molecule has 2 N–H and O–H groups in total. The Balaban J connectivity index is 2.06. The largest absolute Gasteiger partial charge is 0.325 e. The van der Waals surface area contributed by atoms with E-state index in [1.165, 1.54) is 102 Å². The van der Waals surface area contributed by atoms with Crippen molar-refractivity contribution in [3.8, 4) is 0 Å². The first kappa shape index (κ1) is 26.2. The summed E-state index contributed by atoms with van der Waals surface area (Å²) in [6.45, 7) is 6.79. The summed E-state index contributed by atoms with van der Waals surface area (Å²) < 4.78 is 0. The Morgan fingerprint density at radius 3 is 1.59 bits per heavy atom. The van der Waals surface area contributed by atoms with Gasteiger partial charge in [0.05, 0.1) is 0 Å². The van der Waals surface area contributed by atoms with Gasteiger partial charge in [-0.3, -0.25) is 0 Å². The second-order valence-corrected chi connectivity index (χ2v) is 9.63. The van der Waals surface area contributed by atoms with Gasteiger partial charge in [0.1, 0.15) is 0 Å². The maximum atomic E-state index is 6.66. The lowest BCUT2D eigenvalue weighted by atomic mass is 9.77. The molecule has 1 nitrogen and oxygen atoms in total. The highest BCUT2D eigenvalue weighted by Crippen LogP contribution is 2.28. The minimum absolute atomic E-state index is 0.0492. The van der Waals surface area contributed by atoms with E-state index in [9.17, 15) is 0 Å². The van der Waals surface area contributed by atoms with Gasteiger partial charge in [-0.1, -0.05) is 134 Å². The minimum atomic E-state index is -0.0492. The summed E-state index contributed by atoms with van der Waals surface area (Å²) in [7, 11) is 0. The zero-order valence-corrected chi connectivity index (χ0v) is 20.1. The fraction of sp³-hybridized carbons (Fsp3) is 0.786. The van der Waals surface area contributed by atoms with Gasteiger partial charge in [-0.25, -0.2) is 0 Å². The molecule has 168 valence electrons. The summed E-state index contributed by atoms with van der Waals surface area (Å²) in [5.41, 5.74) is 8.05. The van der Waals surface area contributed by atoms with Gasteiger partial charge in [-0.15, -0.1) is 0 Å². The highest BCUT2D eigenvalue weighted by Gasteiger charge is 2.27. The number of nitrogens with two attached hydrogens (primary N) is 1. The Kier molecular flexibility index (Phi) is 15.3. The fourth-order valence-corrected chi connectivity index (χ4v) is 4.44. The first-order valence-corrected chi connectivity index (χ1v) is 12.9. The van der Waals surface area contributed by atoms with Crippen LogP contribution >= 0.6 is 0 Å². The average molecular weight is 402 g/mol. The second kappa shape index (κ2) is 16.9. The molecule has 1 heteroatoms. The van der Waals surface area contributed by atoms with Crippen LogP contribution in [0.1, 0.15) is 129 Å². The monoisotopic (exact) mass is 401 g/mol. The summed E-state index contributed by atoms with van der Waals surface area (Å²) in [5, 5.41) is 0. The number of hydrogen-bond acceptors (Lipinski definition) is 1. The molecule has 0 saturated heterocycles. The molecule has 0 bridgehead atoms. The molecule has 0 radical (unpaired) electrons. The van der Waals surface area contributed by atoms with Gasteiger partial charge in [0.25, 0.3) is 0 Å². The van der Waals surface area contributed by atoms with Crippen molar-refractivity contribution in [2.75, 3.05) is 0 Å². The summed E-state index contributed by atoms with van der Waals surface area (Å²) >= 11 is 0. The third-order valence-electron chi connectivity index (χ3n) is 6.93. The second-order valence-electron chi connectivity index (χ2n) is 9.63. The van der Waals surface area contributed by atoms with Crippen LogP contribution in [-0.2, 0) is 6.42 Å². The van der Waals surface area contributed by atoms with Gasteiger partial charge in [-0.2, -0.15) is 0 Å². The van der Waals surface area contributed by atoms with E-state index in [2.05, 4.69) is 51.1 Å². The molecule has 29 heavy (non-hydrogen) atoms. The van der Waals surface area contributed by atoms with Crippen LogP contribution in [0.25, 0.3) is 0 Å². The quantitative estimate of drug-likeness (QED) is 0.230. The molecule has 0 saturated carbocycles. The van der Waals surface area contributed by atoms with E-state index >= 15 is 0 Å². The van der Waals surface area contributed by atoms with Crippen LogP contribution in [0.5, 0.6) is 0 Å². The molecular formula is C28H51N. The van der Waals surface area contributed by atoms with Crippen LogP contribution in [0.3, 0.4) is 0 Å². The van der Waals surface area contributed by atoms with Gasteiger partial charge < -0.3 is 5.73 Å². The molecule has 2 unspecified atom stereocenters. The highest BCUT2D eigenvalue weighted by molar-refractivity contribution is 5.16. The Morgan fingerprint density at radius 2 is 1.14 bits per heavy atom. The predicted octanol–water partition coefficient (Wildman–Crippen LogP) is 8.84. The van der Waals surface area contributed by atoms with Crippen LogP contribution in [0, 0.1) is 5.92 Å². The smallest absolute Gasteiger partial charge is 0.0154 e. The van der Waals surface area contributed by atoms with Crippen molar-refractivity contribution in [2.45, 2.75) is 135 Å². The fourth-order valence-electron chi connectivity index (χ4n) is 4.44. The molecule has 0 spiro atoms. The molecule has 0 amide bonds. The van der Waals surface area contributed by atoms with Crippen molar-refractivity contribution in [2.24, 2.45) is 11.7 Å². The molecule has 2 atom stereocenters. The van der Waals surface area contributed by atoms with E-state index < -0.39 is 0 Å². The standard InChI is InChI=1S/C28H51N/c1-4-6-7-8-9-10-11-12-13-14-15-16-17-21-24-27(28(3,29)5-2)25-26-22-19-18-20-23-26/h18-20,22-23,27H,4-17,21,24-25,29H2,1-3H3. The third-order valence-corrected chi connectivity index (χ3v) is 6.93. The van der Waals surface area contributed by atoms with Crippen molar-refractivity contribution >= 4 is 0 Å². The molecule has 0 aromatic heterocycles. The first-order valence-electron chi connectivity index (χ1n) is 12.9. The van der Waals surface area contributed by atoms with E-state index in [1.54, 1.807) is 0 Å². The summed E-state index contributed by atoms with van der Waals surface area (Å²) in [6, 6.07) is 10.9. The topological polar surface area (TPSA) is 26.0 Å². The van der Waals surface area contributed by atoms with E-state index in [-0.39, 0.29) is 5.54 Å². The van der Waals surface area contributed by atoms with Crippen molar-refractivity contribution in [3.63, 3.8) is 0 Å². The van der Waals surface area contributed by atoms with Crippen LogP contribution in [-0.4, -0.2) is 5.54 Å². The SMILES string of the molecule is CCCCCCCCCCCCCCCCC(Cc1ccccc1)C(C)(N)CC. The third kappa shape index (κ3) is 13.2. The van der Waals surface area contributed by atoms with Crippen molar-refractivity contribution < 1.29 is 0 Å². The van der Waals surface area contributed by atoms with E-state index in [0.29, 0.717) is 5.92 Å². The Bertz CT molecular complexity index is 464. The molecule has 1 rings (SSSR count). The number of benzene rings is 1. The van der Waals surface area contributed by atoms with Crippen LogP contribution in [0.4, 0.5) is 0 Å². The lowest BCUT2D eigenvalue weighted by Crippen LogP contribution is -2.44. The molecule has 1 aromatic carbocycles. The van der Waals surface area contributed by atoms with Crippen LogP contribution < -0.4 is 5.73 Å². The van der Waals surface area contributed by atoms with Gasteiger partial charge in [0.15, 0.2) is 0 Å². The van der Waals surface area contributed by atoms with Gasteiger partial charge >= 0.3 is 0 Å². The van der Waals surface area contributed by atoms with Gasteiger partial charge in [0.2, 0.25) is 0 Å². The van der Waals surface area contributed by atoms with Crippen molar-refractivity contribution in [3.05, 3.63) is 35.9 Å². The summed E-state index contributed by atoms with van der Waals surface area (Å²) in [5.74, 6) is 0.590. The predicted molar refractivity (Wildman–Crippen MR) is 131 cm³/mol. The average Bonchev–Trinajstić information content (AvgIpc) is 2.73. The molecule has 1 aromatic rings. The maximum Gasteiger partial charge on any atom is 0.0154 e. The molecular weight excluding hydrogens is 350 g/mol. The van der Waals surface area contributed by atoms with Gasteiger partial charge in [0, 0.05) is 5.54 Å². The zero-order chi connectivity index (χ0) is 21.2.